The second kappa shape index (κ2) is 6.00. The highest BCUT2D eigenvalue weighted by Crippen LogP contribution is 2.25. The number of aromatic nitrogens is 6. The van der Waals surface area contributed by atoms with Gasteiger partial charge in [-0.15, -0.1) is 0 Å². The van der Waals surface area contributed by atoms with Crippen molar-refractivity contribution in [1.29, 1.82) is 0 Å². The quantitative estimate of drug-likeness (QED) is 0.791. The van der Waals surface area contributed by atoms with Crippen LogP contribution in [0.1, 0.15) is 19.8 Å². The van der Waals surface area contributed by atoms with Crippen LogP contribution in [-0.4, -0.2) is 55.5 Å². The van der Waals surface area contributed by atoms with Crippen LogP contribution in [0.3, 0.4) is 0 Å². The highest BCUT2D eigenvalue weighted by Gasteiger charge is 2.29. The number of nitrogens with one attached hydrogen (secondary N) is 2. The molecule has 2 aromatic rings. The second-order valence-corrected chi connectivity index (χ2v) is 4.82. The molecule has 0 bridgehead atoms. The molecule has 9 nitrogen and oxygen atoms in total. The summed E-state index contributed by atoms with van der Waals surface area (Å²) in [6.45, 7) is 2.72. The summed E-state index contributed by atoms with van der Waals surface area (Å²) in [7, 11) is 1.73. The summed E-state index contributed by atoms with van der Waals surface area (Å²) in [5.41, 5.74) is 0. The molecule has 0 radical (unpaired) electrons. The van der Waals surface area contributed by atoms with Crippen LogP contribution in [0.5, 0.6) is 0 Å². The minimum atomic E-state index is 0.326. The van der Waals surface area contributed by atoms with Crippen LogP contribution in [0, 0.1) is 0 Å². The molecule has 112 valence electrons. The molecule has 3 rings (SSSR count). The Hall–Kier alpha value is -2.29. The van der Waals surface area contributed by atoms with Crippen molar-refractivity contribution in [1.82, 2.24) is 29.7 Å². The van der Waals surface area contributed by atoms with E-state index in [0.717, 1.165) is 19.4 Å². The maximum absolute atomic E-state index is 5.27. The lowest BCUT2D eigenvalue weighted by Gasteiger charge is -2.34. The number of hydrogen-bond donors (Lipinski definition) is 2. The van der Waals surface area contributed by atoms with Crippen LogP contribution < -0.4 is 10.6 Å². The fraction of sp³-hybridized carbons (Fsp3) is 0.583. The van der Waals surface area contributed by atoms with Gasteiger partial charge in [0.15, 0.2) is 0 Å². The summed E-state index contributed by atoms with van der Waals surface area (Å²) in [4.78, 5) is 17.0. The molecule has 2 aromatic heterocycles. The van der Waals surface area contributed by atoms with Crippen LogP contribution in [0.2, 0.25) is 0 Å². The zero-order valence-corrected chi connectivity index (χ0v) is 12.0. The Kier molecular flexibility index (Phi) is 3.91. The van der Waals surface area contributed by atoms with Crippen molar-refractivity contribution < 1.29 is 4.74 Å². The maximum Gasteiger partial charge on any atom is 0.258 e. The summed E-state index contributed by atoms with van der Waals surface area (Å²) in [5.74, 6) is 1.48. The van der Waals surface area contributed by atoms with Crippen LogP contribution in [0.15, 0.2) is 12.7 Å². The van der Waals surface area contributed by atoms with Gasteiger partial charge in [0.2, 0.25) is 11.9 Å². The molecular formula is C12H18N8O. The molecule has 1 saturated carbocycles. The first-order valence-corrected chi connectivity index (χ1v) is 6.92. The number of ether oxygens (including phenoxy) is 1. The largest absolute Gasteiger partial charge is 0.381 e. The average Bonchev–Trinajstić information content (AvgIpc) is 2.96. The topological polar surface area (TPSA) is 103 Å². The zero-order valence-electron chi connectivity index (χ0n) is 12.0. The minimum Gasteiger partial charge on any atom is -0.381 e. The van der Waals surface area contributed by atoms with Gasteiger partial charge in [0.05, 0.1) is 6.10 Å². The fourth-order valence-electron chi connectivity index (χ4n) is 2.14. The Morgan fingerprint density at radius 2 is 2.10 bits per heavy atom. The summed E-state index contributed by atoms with van der Waals surface area (Å²) >= 11 is 0. The summed E-state index contributed by atoms with van der Waals surface area (Å²) in [6, 6.07) is 0.329. The smallest absolute Gasteiger partial charge is 0.258 e. The van der Waals surface area contributed by atoms with E-state index in [1.807, 2.05) is 6.92 Å². The molecule has 0 saturated heterocycles. The van der Waals surface area contributed by atoms with E-state index in [2.05, 4.69) is 35.7 Å². The van der Waals surface area contributed by atoms with Crippen LogP contribution >= 0.6 is 0 Å². The molecule has 0 unspecified atom stereocenters. The predicted molar refractivity (Wildman–Crippen MR) is 76.3 cm³/mol. The maximum atomic E-state index is 5.27. The molecule has 2 heterocycles. The molecule has 2 N–H and O–H groups in total. The standard InChI is InChI=1S/C12H18N8O/c1-3-14-10-17-11(16-8-4-9(5-8)21-2)19-12(18-10)20-7-13-6-15-20/h6-9H,3-5H2,1-2H3,(H2,14,16,17,18,19). The van der Waals surface area contributed by atoms with E-state index >= 15 is 0 Å². The van der Waals surface area contributed by atoms with Crippen LogP contribution in [-0.2, 0) is 4.74 Å². The van der Waals surface area contributed by atoms with Crippen LogP contribution in [0.4, 0.5) is 11.9 Å². The summed E-state index contributed by atoms with van der Waals surface area (Å²) in [6.07, 6.45) is 5.24. The van der Waals surface area contributed by atoms with E-state index in [0.29, 0.717) is 30.0 Å². The van der Waals surface area contributed by atoms with Gasteiger partial charge in [-0.05, 0) is 19.8 Å². The van der Waals surface area contributed by atoms with Crippen molar-refractivity contribution in [2.24, 2.45) is 0 Å². The molecule has 0 aliphatic heterocycles. The van der Waals surface area contributed by atoms with Crippen molar-refractivity contribution in [2.45, 2.75) is 31.9 Å². The first kappa shape index (κ1) is 13.7. The first-order valence-electron chi connectivity index (χ1n) is 6.92. The van der Waals surface area contributed by atoms with Gasteiger partial charge in [0.1, 0.15) is 12.7 Å². The Labute approximate surface area is 122 Å². The number of hydrogen-bond acceptors (Lipinski definition) is 8. The predicted octanol–water partition coefficient (Wildman–Crippen LogP) is 0.473. The van der Waals surface area contributed by atoms with Gasteiger partial charge >= 0.3 is 0 Å². The molecule has 0 aromatic carbocycles. The van der Waals surface area contributed by atoms with Gasteiger partial charge in [-0.25, -0.2) is 4.98 Å². The number of rotatable bonds is 6. The third-order valence-electron chi connectivity index (χ3n) is 3.34. The normalized spacial score (nSPS) is 20.9. The zero-order chi connectivity index (χ0) is 14.7. The van der Waals surface area contributed by atoms with E-state index in [-0.39, 0.29) is 0 Å². The molecule has 0 amide bonds. The first-order chi connectivity index (χ1) is 10.3. The SMILES string of the molecule is CCNc1nc(NC2CC(OC)C2)nc(-n2cncn2)n1. The Morgan fingerprint density at radius 3 is 2.76 bits per heavy atom. The van der Waals surface area contributed by atoms with E-state index in [1.165, 1.54) is 11.0 Å². The Balaban J connectivity index is 1.79. The number of anilines is 2. The van der Waals surface area contributed by atoms with E-state index < -0.39 is 0 Å². The Bertz CT molecular complexity index is 581. The van der Waals surface area contributed by atoms with E-state index in [9.17, 15) is 0 Å². The molecular weight excluding hydrogens is 272 g/mol. The van der Waals surface area contributed by atoms with Gasteiger partial charge < -0.3 is 15.4 Å². The van der Waals surface area contributed by atoms with Gasteiger partial charge in [0.25, 0.3) is 5.95 Å². The lowest BCUT2D eigenvalue weighted by molar-refractivity contribution is 0.0327. The highest BCUT2D eigenvalue weighted by atomic mass is 16.5. The minimum absolute atomic E-state index is 0.326. The van der Waals surface area contributed by atoms with Gasteiger partial charge in [-0.1, -0.05) is 0 Å². The van der Waals surface area contributed by atoms with E-state index in [4.69, 9.17) is 4.74 Å². The lowest BCUT2D eigenvalue weighted by atomic mass is 9.89. The van der Waals surface area contributed by atoms with E-state index in [1.54, 1.807) is 13.4 Å². The molecule has 1 aliphatic carbocycles. The fourth-order valence-corrected chi connectivity index (χ4v) is 2.14. The lowest BCUT2D eigenvalue weighted by Crippen LogP contribution is -2.40. The van der Waals surface area contributed by atoms with Gasteiger partial charge in [0, 0.05) is 19.7 Å². The Morgan fingerprint density at radius 1 is 1.29 bits per heavy atom. The second-order valence-electron chi connectivity index (χ2n) is 4.82. The average molecular weight is 290 g/mol. The summed E-state index contributed by atoms with van der Waals surface area (Å²) in [5, 5.41) is 10.4. The molecule has 1 fully saturated rings. The van der Waals surface area contributed by atoms with Crippen LogP contribution in [0.25, 0.3) is 5.95 Å². The monoisotopic (exact) mass is 290 g/mol. The molecule has 0 spiro atoms. The molecule has 9 heteroatoms. The van der Waals surface area contributed by atoms with Gasteiger partial charge in [-0.3, -0.25) is 0 Å². The number of nitrogens with zero attached hydrogens (tertiary/aromatic N) is 6. The van der Waals surface area contributed by atoms with Crippen molar-refractivity contribution in [3.05, 3.63) is 12.7 Å². The van der Waals surface area contributed by atoms with Crippen molar-refractivity contribution >= 4 is 11.9 Å². The van der Waals surface area contributed by atoms with Gasteiger partial charge in [-0.2, -0.15) is 24.7 Å². The molecule has 1 aliphatic rings. The third-order valence-corrected chi connectivity index (χ3v) is 3.34. The van der Waals surface area contributed by atoms with Crippen molar-refractivity contribution in [2.75, 3.05) is 24.3 Å². The third kappa shape index (κ3) is 3.07. The molecule has 0 atom stereocenters. The molecule has 21 heavy (non-hydrogen) atoms. The number of methoxy groups -OCH3 is 1. The summed E-state index contributed by atoms with van der Waals surface area (Å²) < 4.78 is 6.78. The van der Waals surface area contributed by atoms with Crippen molar-refractivity contribution in [3.63, 3.8) is 0 Å². The van der Waals surface area contributed by atoms with Crippen molar-refractivity contribution in [3.8, 4) is 5.95 Å². The highest BCUT2D eigenvalue weighted by molar-refractivity contribution is 5.38.